The van der Waals surface area contributed by atoms with E-state index >= 15 is 0 Å². The topological polar surface area (TPSA) is 32.5 Å². The Morgan fingerprint density at radius 3 is 2.59 bits per heavy atom. The Hall–Kier alpha value is -0.770. The van der Waals surface area contributed by atoms with Gasteiger partial charge in [0, 0.05) is 49.5 Å². The van der Waals surface area contributed by atoms with Gasteiger partial charge in [0.15, 0.2) is 0 Å². The lowest BCUT2D eigenvalue weighted by Crippen LogP contribution is -2.49. The molecule has 1 heterocycles. The molecule has 1 atom stereocenters. The fourth-order valence-corrected chi connectivity index (χ4v) is 2.45. The Morgan fingerprint density at radius 1 is 1.29 bits per heavy atom. The number of nitrogens with zero attached hydrogens (tertiary/aromatic N) is 2. The molecule has 94 valence electrons. The van der Waals surface area contributed by atoms with Crippen molar-refractivity contribution in [3.63, 3.8) is 0 Å². The monoisotopic (exact) mass is 253 g/mol. The summed E-state index contributed by atoms with van der Waals surface area (Å²) in [6.45, 7) is 7.30. The first-order valence-corrected chi connectivity index (χ1v) is 6.51. The van der Waals surface area contributed by atoms with Crippen molar-refractivity contribution in [2.24, 2.45) is 5.73 Å². The van der Waals surface area contributed by atoms with E-state index in [0.29, 0.717) is 0 Å². The highest BCUT2D eigenvalue weighted by molar-refractivity contribution is 6.30. The molecule has 2 rings (SSSR count). The number of anilines is 1. The molecule has 0 unspecified atom stereocenters. The Morgan fingerprint density at radius 2 is 2.00 bits per heavy atom. The van der Waals surface area contributed by atoms with Crippen LogP contribution >= 0.6 is 11.6 Å². The van der Waals surface area contributed by atoms with E-state index in [2.05, 4.69) is 22.8 Å². The highest BCUT2D eigenvalue weighted by Gasteiger charge is 2.17. The first-order chi connectivity index (χ1) is 8.15. The summed E-state index contributed by atoms with van der Waals surface area (Å²) in [7, 11) is 0. The third kappa shape index (κ3) is 3.60. The molecule has 17 heavy (non-hydrogen) atoms. The summed E-state index contributed by atoms with van der Waals surface area (Å²) in [5, 5.41) is 0.806. The maximum Gasteiger partial charge on any atom is 0.0426 e. The van der Waals surface area contributed by atoms with Gasteiger partial charge in [0.05, 0.1) is 0 Å². The van der Waals surface area contributed by atoms with Crippen LogP contribution in [0.4, 0.5) is 5.69 Å². The SMILES string of the molecule is C[C@H](N)CN1CCN(c2cccc(Cl)c2)CC1. The van der Waals surface area contributed by atoms with E-state index in [-0.39, 0.29) is 6.04 Å². The average Bonchev–Trinajstić information content (AvgIpc) is 2.29. The van der Waals surface area contributed by atoms with Crippen molar-refractivity contribution in [2.75, 3.05) is 37.6 Å². The van der Waals surface area contributed by atoms with E-state index in [1.54, 1.807) is 0 Å². The van der Waals surface area contributed by atoms with Gasteiger partial charge in [0.2, 0.25) is 0 Å². The largest absolute Gasteiger partial charge is 0.369 e. The van der Waals surface area contributed by atoms with Gasteiger partial charge in [-0.15, -0.1) is 0 Å². The van der Waals surface area contributed by atoms with Gasteiger partial charge in [-0.2, -0.15) is 0 Å². The predicted molar refractivity (Wildman–Crippen MR) is 73.8 cm³/mol. The molecule has 0 spiro atoms. The highest BCUT2D eigenvalue weighted by Crippen LogP contribution is 2.20. The summed E-state index contributed by atoms with van der Waals surface area (Å²) in [5.41, 5.74) is 7.04. The first-order valence-electron chi connectivity index (χ1n) is 6.13. The van der Waals surface area contributed by atoms with Crippen LogP contribution in [0, 0.1) is 0 Å². The molecule has 0 aromatic heterocycles. The molecule has 0 amide bonds. The van der Waals surface area contributed by atoms with Crippen LogP contribution in [0.15, 0.2) is 24.3 Å². The van der Waals surface area contributed by atoms with Gasteiger partial charge in [-0.05, 0) is 25.1 Å². The number of halogens is 1. The van der Waals surface area contributed by atoms with Gasteiger partial charge in [0.1, 0.15) is 0 Å². The van der Waals surface area contributed by atoms with Crippen LogP contribution in [0.5, 0.6) is 0 Å². The molecule has 0 bridgehead atoms. The van der Waals surface area contributed by atoms with Gasteiger partial charge >= 0.3 is 0 Å². The molecule has 0 saturated carbocycles. The highest BCUT2D eigenvalue weighted by atomic mass is 35.5. The molecule has 1 aliphatic heterocycles. The van der Waals surface area contributed by atoms with Gasteiger partial charge in [-0.3, -0.25) is 4.90 Å². The second kappa shape index (κ2) is 5.71. The lowest BCUT2D eigenvalue weighted by Gasteiger charge is -2.36. The van der Waals surface area contributed by atoms with Crippen molar-refractivity contribution in [2.45, 2.75) is 13.0 Å². The van der Waals surface area contributed by atoms with Crippen LogP contribution in [0.25, 0.3) is 0 Å². The van der Waals surface area contributed by atoms with Gasteiger partial charge < -0.3 is 10.6 Å². The van der Waals surface area contributed by atoms with E-state index in [4.69, 9.17) is 17.3 Å². The van der Waals surface area contributed by atoms with Crippen LogP contribution < -0.4 is 10.6 Å². The van der Waals surface area contributed by atoms with E-state index in [0.717, 1.165) is 37.7 Å². The van der Waals surface area contributed by atoms with Crippen LogP contribution in [0.3, 0.4) is 0 Å². The number of hydrogen-bond acceptors (Lipinski definition) is 3. The van der Waals surface area contributed by atoms with Gasteiger partial charge in [-0.25, -0.2) is 0 Å². The van der Waals surface area contributed by atoms with Crippen molar-refractivity contribution in [3.05, 3.63) is 29.3 Å². The smallest absolute Gasteiger partial charge is 0.0426 e. The van der Waals surface area contributed by atoms with Gasteiger partial charge in [0.25, 0.3) is 0 Å². The lowest BCUT2D eigenvalue weighted by molar-refractivity contribution is 0.247. The zero-order valence-corrected chi connectivity index (χ0v) is 11.0. The summed E-state index contributed by atoms with van der Waals surface area (Å²) in [4.78, 5) is 4.80. The Kier molecular flexibility index (Phi) is 4.26. The van der Waals surface area contributed by atoms with Crippen molar-refractivity contribution in [1.29, 1.82) is 0 Å². The summed E-state index contributed by atoms with van der Waals surface area (Å²) in [6.07, 6.45) is 0. The molecule has 4 heteroatoms. The average molecular weight is 254 g/mol. The molecule has 2 N–H and O–H groups in total. The van der Waals surface area contributed by atoms with E-state index in [1.807, 2.05) is 18.2 Å². The van der Waals surface area contributed by atoms with Crippen molar-refractivity contribution < 1.29 is 0 Å². The number of piperazine rings is 1. The van der Waals surface area contributed by atoms with Gasteiger partial charge in [-0.1, -0.05) is 17.7 Å². The van der Waals surface area contributed by atoms with Crippen molar-refractivity contribution in [3.8, 4) is 0 Å². The number of nitrogens with two attached hydrogens (primary N) is 1. The lowest BCUT2D eigenvalue weighted by atomic mass is 10.2. The minimum absolute atomic E-state index is 0.257. The molecular weight excluding hydrogens is 234 g/mol. The van der Waals surface area contributed by atoms with Crippen molar-refractivity contribution >= 4 is 17.3 Å². The minimum atomic E-state index is 0.257. The number of benzene rings is 1. The summed E-state index contributed by atoms with van der Waals surface area (Å²) >= 11 is 6.01. The second-order valence-electron chi connectivity index (χ2n) is 4.74. The number of rotatable bonds is 3. The normalized spacial score (nSPS) is 19.4. The molecule has 1 saturated heterocycles. The molecule has 1 aromatic carbocycles. The molecule has 0 aliphatic carbocycles. The molecule has 1 aromatic rings. The molecule has 3 nitrogen and oxygen atoms in total. The second-order valence-corrected chi connectivity index (χ2v) is 5.18. The van der Waals surface area contributed by atoms with Crippen molar-refractivity contribution in [1.82, 2.24) is 4.90 Å². The zero-order chi connectivity index (χ0) is 12.3. The quantitative estimate of drug-likeness (QED) is 0.892. The minimum Gasteiger partial charge on any atom is -0.369 e. The van der Waals surface area contributed by atoms with E-state index in [9.17, 15) is 0 Å². The van der Waals surface area contributed by atoms with Crippen LogP contribution in [-0.4, -0.2) is 43.7 Å². The molecular formula is C13H20ClN3. The van der Waals surface area contributed by atoms with Crippen LogP contribution in [0.1, 0.15) is 6.92 Å². The standard InChI is InChI=1S/C13H20ClN3/c1-11(15)10-16-5-7-17(8-6-16)13-4-2-3-12(14)9-13/h2-4,9,11H,5-8,10,15H2,1H3/t11-/m0/s1. The Bertz CT molecular complexity index is 359. The van der Waals surface area contributed by atoms with E-state index < -0.39 is 0 Å². The van der Waals surface area contributed by atoms with E-state index in [1.165, 1.54) is 5.69 Å². The Labute approximate surface area is 108 Å². The first kappa shape index (κ1) is 12.7. The molecule has 0 radical (unpaired) electrons. The zero-order valence-electron chi connectivity index (χ0n) is 10.3. The third-order valence-electron chi connectivity index (χ3n) is 3.09. The summed E-state index contributed by atoms with van der Waals surface area (Å²) in [5.74, 6) is 0. The summed E-state index contributed by atoms with van der Waals surface area (Å²) in [6, 6.07) is 8.33. The Balaban J connectivity index is 1.91. The predicted octanol–water partition coefficient (Wildman–Crippen LogP) is 1.81. The van der Waals surface area contributed by atoms with Crippen LogP contribution in [0.2, 0.25) is 5.02 Å². The fourth-order valence-electron chi connectivity index (χ4n) is 2.27. The third-order valence-corrected chi connectivity index (χ3v) is 3.33. The molecule has 1 fully saturated rings. The fraction of sp³-hybridized carbons (Fsp3) is 0.538. The van der Waals surface area contributed by atoms with Crippen LogP contribution in [-0.2, 0) is 0 Å². The number of hydrogen-bond donors (Lipinski definition) is 1. The molecule has 1 aliphatic rings. The summed E-state index contributed by atoms with van der Waals surface area (Å²) < 4.78 is 0. The maximum atomic E-state index is 6.01. The maximum absolute atomic E-state index is 6.01.